The summed E-state index contributed by atoms with van der Waals surface area (Å²) in [5.41, 5.74) is 2.56. The van der Waals surface area contributed by atoms with Crippen molar-refractivity contribution < 1.29 is 0 Å². The molecular weight excluding hydrogens is 184 g/mol. The van der Waals surface area contributed by atoms with Crippen LogP contribution in [0.3, 0.4) is 0 Å². The van der Waals surface area contributed by atoms with E-state index in [1.165, 1.54) is 49.9 Å². The van der Waals surface area contributed by atoms with Crippen molar-refractivity contribution in [2.45, 2.75) is 65.2 Å². The highest BCUT2D eigenvalue weighted by molar-refractivity contribution is 5.08. The van der Waals surface area contributed by atoms with Crippen LogP contribution in [0.5, 0.6) is 0 Å². The first-order valence-corrected chi connectivity index (χ1v) is 6.40. The molecule has 0 saturated carbocycles. The van der Waals surface area contributed by atoms with E-state index in [0.717, 1.165) is 12.8 Å². The molecule has 0 aliphatic heterocycles. The fourth-order valence-corrected chi connectivity index (χ4v) is 1.79. The van der Waals surface area contributed by atoms with E-state index < -0.39 is 0 Å². The average molecular weight is 208 g/mol. The Balaban J connectivity index is 2.23. The van der Waals surface area contributed by atoms with E-state index in [1.54, 1.807) is 0 Å². The van der Waals surface area contributed by atoms with E-state index in [4.69, 9.17) is 0 Å². The number of nitrogens with zero attached hydrogens (tertiary/aromatic N) is 1. The summed E-state index contributed by atoms with van der Waals surface area (Å²) < 4.78 is 0. The van der Waals surface area contributed by atoms with Crippen molar-refractivity contribution in [2.75, 3.05) is 0 Å². The SMILES string of the molecule is CCCCCc1cc(CCCCC)[nH]n1. The van der Waals surface area contributed by atoms with Crippen LogP contribution in [0.25, 0.3) is 0 Å². The van der Waals surface area contributed by atoms with Gasteiger partial charge in [-0.2, -0.15) is 5.10 Å². The lowest BCUT2D eigenvalue weighted by Gasteiger charge is -1.94. The van der Waals surface area contributed by atoms with Gasteiger partial charge in [0.2, 0.25) is 0 Å². The van der Waals surface area contributed by atoms with Gasteiger partial charge in [-0.15, -0.1) is 0 Å². The summed E-state index contributed by atoms with van der Waals surface area (Å²) >= 11 is 0. The molecule has 1 N–H and O–H groups in total. The average Bonchev–Trinajstić information content (AvgIpc) is 2.67. The summed E-state index contributed by atoms with van der Waals surface area (Å²) in [7, 11) is 0. The quantitative estimate of drug-likeness (QED) is 0.645. The largest absolute Gasteiger partial charge is 0.282 e. The molecule has 1 heterocycles. The fourth-order valence-electron chi connectivity index (χ4n) is 1.79. The molecule has 2 nitrogen and oxygen atoms in total. The molecule has 2 heteroatoms. The second-order valence-corrected chi connectivity index (χ2v) is 4.30. The summed E-state index contributed by atoms with van der Waals surface area (Å²) in [6.45, 7) is 4.48. The molecule has 1 rings (SSSR count). The molecule has 0 saturated heterocycles. The summed E-state index contributed by atoms with van der Waals surface area (Å²) in [6, 6.07) is 2.24. The van der Waals surface area contributed by atoms with E-state index in [9.17, 15) is 0 Å². The molecule has 15 heavy (non-hydrogen) atoms. The molecular formula is C13H24N2. The number of nitrogens with one attached hydrogen (secondary N) is 1. The minimum atomic E-state index is 1.14. The molecule has 0 radical (unpaired) electrons. The summed E-state index contributed by atoms with van der Waals surface area (Å²) in [5, 5.41) is 7.48. The first-order valence-electron chi connectivity index (χ1n) is 6.40. The van der Waals surface area contributed by atoms with Gasteiger partial charge in [0.15, 0.2) is 0 Å². The van der Waals surface area contributed by atoms with Gasteiger partial charge in [-0.05, 0) is 31.7 Å². The molecule has 0 aliphatic rings. The minimum Gasteiger partial charge on any atom is -0.282 e. The normalized spacial score (nSPS) is 10.8. The maximum absolute atomic E-state index is 4.34. The first kappa shape index (κ1) is 12.3. The van der Waals surface area contributed by atoms with E-state index >= 15 is 0 Å². The number of aromatic amines is 1. The zero-order valence-corrected chi connectivity index (χ0v) is 10.2. The molecule has 0 amide bonds. The van der Waals surface area contributed by atoms with Crippen molar-refractivity contribution in [3.8, 4) is 0 Å². The van der Waals surface area contributed by atoms with E-state index in [-0.39, 0.29) is 0 Å². The zero-order chi connectivity index (χ0) is 10.9. The topological polar surface area (TPSA) is 28.7 Å². The summed E-state index contributed by atoms with van der Waals surface area (Å²) in [5.74, 6) is 0. The Bertz CT molecular complexity index is 228. The van der Waals surface area contributed by atoms with E-state index in [0.29, 0.717) is 0 Å². The number of hydrogen-bond acceptors (Lipinski definition) is 1. The van der Waals surface area contributed by atoms with Gasteiger partial charge in [0.25, 0.3) is 0 Å². The highest BCUT2D eigenvalue weighted by atomic mass is 15.1. The van der Waals surface area contributed by atoms with Gasteiger partial charge < -0.3 is 0 Å². The number of hydrogen-bond donors (Lipinski definition) is 1. The lowest BCUT2D eigenvalue weighted by atomic mass is 10.1. The number of rotatable bonds is 8. The Labute approximate surface area is 93.5 Å². The highest BCUT2D eigenvalue weighted by Crippen LogP contribution is 2.08. The number of H-pyrrole nitrogens is 1. The van der Waals surface area contributed by atoms with Gasteiger partial charge in [-0.1, -0.05) is 39.5 Å². The smallest absolute Gasteiger partial charge is 0.0625 e. The Hall–Kier alpha value is -0.790. The Morgan fingerprint density at radius 2 is 1.67 bits per heavy atom. The van der Waals surface area contributed by atoms with Crippen LogP contribution in [0.4, 0.5) is 0 Å². The standard InChI is InChI=1S/C13H24N2/c1-3-5-7-9-12-11-13(15-14-12)10-8-6-4-2/h11H,3-10H2,1-2H3,(H,14,15). The summed E-state index contributed by atoms with van der Waals surface area (Å²) in [6.07, 6.45) is 10.1. The van der Waals surface area contributed by atoms with Gasteiger partial charge in [-0.3, -0.25) is 5.10 Å². The predicted molar refractivity (Wildman–Crippen MR) is 65.0 cm³/mol. The van der Waals surface area contributed by atoms with Crippen LogP contribution in [-0.2, 0) is 12.8 Å². The van der Waals surface area contributed by atoms with Gasteiger partial charge in [0, 0.05) is 5.69 Å². The molecule has 1 aromatic rings. The molecule has 0 unspecified atom stereocenters. The molecule has 0 aromatic carbocycles. The molecule has 0 fully saturated rings. The lowest BCUT2D eigenvalue weighted by molar-refractivity contribution is 0.701. The number of aromatic nitrogens is 2. The van der Waals surface area contributed by atoms with Crippen LogP contribution in [0, 0.1) is 0 Å². The first-order chi connectivity index (χ1) is 7.36. The monoisotopic (exact) mass is 208 g/mol. The fraction of sp³-hybridized carbons (Fsp3) is 0.769. The molecule has 0 bridgehead atoms. The van der Waals surface area contributed by atoms with Crippen molar-refractivity contribution in [1.29, 1.82) is 0 Å². The third-order valence-corrected chi connectivity index (χ3v) is 2.77. The maximum atomic E-state index is 4.34. The van der Waals surface area contributed by atoms with Crippen LogP contribution in [0.15, 0.2) is 6.07 Å². The van der Waals surface area contributed by atoms with Gasteiger partial charge in [-0.25, -0.2) is 0 Å². The van der Waals surface area contributed by atoms with Gasteiger partial charge >= 0.3 is 0 Å². The second kappa shape index (κ2) is 7.49. The summed E-state index contributed by atoms with van der Waals surface area (Å²) in [4.78, 5) is 0. The van der Waals surface area contributed by atoms with E-state index in [2.05, 4.69) is 30.1 Å². The van der Waals surface area contributed by atoms with Crippen molar-refractivity contribution in [3.63, 3.8) is 0 Å². The van der Waals surface area contributed by atoms with Crippen molar-refractivity contribution in [3.05, 3.63) is 17.5 Å². The Morgan fingerprint density at radius 3 is 2.33 bits per heavy atom. The van der Waals surface area contributed by atoms with Crippen molar-refractivity contribution in [2.24, 2.45) is 0 Å². The van der Waals surface area contributed by atoms with Gasteiger partial charge in [0.05, 0.1) is 5.69 Å². The second-order valence-electron chi connectivity index (χ2n) is 4.30. The maximum Gasteiger partial charge on any atom is 0.0625 e. The number of unbranched alkanes of at least 4 members (excludes halogenated alkanes) is 4. The lowest BCUT2D eigenvalue weighted by Crippen LogP contribution is -1.84. The van der Waals surface area contributed by atoms with Gasteiger partial charge in [0.1, 0.15) is 0 Å². The molecule has 86 valence electrons. The predicted octanol–water partition coefficient (Wildman–Crippen LogP) is 3.88. The molecule has 0 aliphatic carbocycles. The van der Waals surface area contributed by atoms with Crippen LogP contribution in [0.2, 0.25) is 0 Å². The van der Waals surface area contributed by atoms with Crippen molar-refractivity contribution in [1.82, 2.24) is 10.2 Å². The van der Waals surface area contributed by atoms with E-state index in [1.807, 2.05) is 0 Å². The Kier molecular flexibility index (Phi) is 6.14. The van der Waals surface area contributed by atoms with Crippen LogP contribution in [-0.4, -0.2) is 10.2 Å². The highest BCUT2D eigenvalue weighted by Gasteiger charge is 2.00. The van der Waals surface area contributed by atoms with Crippen LogP contribution in [0.1, 0.15) is 63.8 Å². The third kappa shape index (κ3) is 5.01. The number of aryl methyl sites for hydroxylation is 2. The minimum absolute atomic E-state index is 1.14. The molecule has 0 spiro atoms. The van der Waals surface area contributed by atoms with Crippen LogP contribution >= 0.6 is 0 Å². The van der Waals surface area contributed by atoms with Crippen molar-refractivity contribution >= 4 is 0 Å². The molecule has 0 atom stereocenters. The third-order valence-electron chi connectivity index (χ3n) is 2.77. The zero-order valence-electron chi connectivity index (χ0n) is 10.2. The van der Waals surface area contributed by atoms with Crippen LogP contribution < -0.4 is 0 Å². The molecule has 1 aromatic heterocycles. The Morgan fingerprint density at radius 1 is 1.00 bits per heavy atom.